The number of hydrogen-bond acceptors (Lipinski definition) is 3. The van der Waals surface area contributed by atoms with Crippen molar-refractivity contribution in [3.05, 3.63) is 0 Å². The average Bonchev–Trinajstić information content (AvgIpc) is 2.11. The molecule has 2 amide bonds. The normalized spacial score (nSPS) is 14.9. The number of aliphatic hydroxyl groups is 1. The summed E-state index contributed by atoms with van der Waals surface area (Å²) in [5.41, 5.74) is 4.96. The topological polar surface area (TPSA) is 92.4 Å². The van der Waals surface area contributed by atoms with Gasteiger partial charge >= 0.3 is 0 Å². The molecule has 4 N–H and O–H groups in total. The van der Waals surface area contributed by atoms with Crippen LogP contribution in [0.25, 0.3) is 0 Å². The van der Waals surface area contributed by atoms with Crippen LogP contribution >= 0.6 is 0 Å². The highest BCUT2D eigenvalue weighted by molar-refractivity contribution is 5.87. The van der Waals surface area contributed by atoms with Crippen molar-refractivity contribution in [2.45, 2.75) is 26.8 Å². The molecule has 0 heterocycles. The van der Waals surface area contributed by atoms with Crippen LogP contribution in [-0.4, -0.2) is 29.6 Å². The molecule has 0 aromatic rings. The number of nitrogens with one attached hydrogen (secondary N) is 1. The second-order valence-corrected chi connectivity index (χ2v) is 3.68. The minimum atomic E-state index is -0.983. The van der Waals surface area contributed by atoms with E-state index in [4.69, 9.17) is 10.8 Å². The highest BCUT2D eigenvalue weighted by Crippen LogP contribution is 2.09. The number of rotatable bonds is 5. The first-order chi connectivity index (χ1) is 6.40. The number of nitrogens with two attached hydrogens (primary N) is 1. The van der Waals surface area contributed by atoms with Gasteiger partial charge in [-0.3, -0.25) is 9.59 Å². The summed E-state index contributed by atoms with van der Waals surface area (Å²) in [7, 11) is 0. The first-order valence-electron chi connectivity index (χ1n) is 4.60. The molecule has 0 radical (unpaired) electrons. The zero-order valence-corrected chi connectivity index (χ0v) is 8.78. The van der Waals surface area contributed by atoms with Gasteiger partial charge in [0.05, 0.1) is 6.61 Å². The third-order valence-corrected chi connectivity index (χ3v) is 2.26. The van der Waals surface area contributed by atoms with E-state index < -0.39 is 18.6 Å². The van der Waals surface area contributed by atoms with E-state index in [0.717, 1.165) is 0 Å². The molecule has 0 aliphatic carbocycles. The lowest BCUT2D eigenvalue weighted by atomic mass is 9.97. The first-order valence-corrected chi connectivity index (χ1v) is 4.60. The Hall–Kier alpha value is -1.10. The summed E-state index contributed by atoms with van der Waals surface area (Å²) in [6.45, 7) is 5.10. The fraction of sp³-hybridized carbons (Fsp3) is 0.778. The molecule has 0 aliphatic rings. The Balaban J connectivity index is 4.22. The molecule has 0 aliphatic heterocycles. The number of carbonyl (C=O) groups is 2. The Morgan fingerprint density at radius 1 is 1.36 bits per heavy atom. The summed E-state index contributed by atoms with van der Waals surface area (Å²) in [5, 5.41) is 11.1. The molecule has 0 unspecified atom stereocenters. The molecule has 0 aromatic carbocycles. The van der Waals surface area contributed by atoms with E-state index >= 15 is 0 Å². The van der Waals surface area contributed by atoms with E-state index in [1.807, 2.05) is 13.8 Å². The van der Waals surface area contributed by atoms with Crippen LogP contribution in [-0.2, 0) is 9.59 Å². The number of primary amides is 1. The van der Waals surface area contributed by atoms with Crippen molar-refractivity contribution in [1.82, 2.24) is 5.32 Å². The van der Waals surface area contributed by atoms with Gasteiger partial charge in [-0.1, -0.05) is 20.8 Å². The highest BCUT2D eigenvalue weighted by atomic mass is 16.3. The van der Waals surface area contributed by atoms with Gasteiger partial charge in [0.25, 0.3) is 0 Å². The van der Waals surface area contributed by atoms with Crippen molar-refractivity contribution < 1.29 is 14.7 Å². The lowest BCUT2D eigenvalue weighted by Gasteiger charge is -2.18. The van der Waals surface area contributed by atoms with Gasteiger partial charge in [-0.15, -0.1) is 0 Å². The highest BCUT2D eigenvalue weighted by Gasteiger charge is 2.22. The Labute approximate surface area is 83.7 Å². The van der Waals surface area contributed by atoms with Gasteiger partial charge in [0.15, 0.2) is 0 Å². The molecule has 2 atom stereocenters. The molecule has 82 valence electrons. The van der Waals surface area contributed by atoms with Crippen molar-refractivity contribution in [1.29, 1.82) is 0 Å². The van der Waals surface area contributed by atoms with Gasteiger partial charge in [-0.05, 0) is 5.92 Å². The third-order valence-electron chi connectivity index (χ3n) is 2.26. The Bertz CT molecular complexity index is 216. The summed E-state index contributed by atoms with van der Waals surface area (Å²) in [4.78, 5) is 22.1. The van der Waals surface area contributed by atoms with Crippen molar-refractivity contribution >= 4 is 11.8 Å². The lowest BCUT2D eigenvalue weighted by Crippen LogP contribution is -2.48. The molecule has 5 nitrogen and oxygen atoms in total. The van der Waals surface area contributed by atoms with Crippen molar-refractivity contribution in [2.24, 2.45) is 17.6 Å². The Morgan fingerprint density at radius 2 is 1.86 bits per heavy atom. The fourth-order valence-corrected chi connectivity index (χ4v) is 0.813. The maximum atomic E-state index is 11.4. The van der Waals surface area contributed by atoms with Crippen molar-refractivity contribution in [3.63, 3.8) is 0 Å². The van der Waals surface area contributed by atoms with Gasteiger partial charge in [-0.2, -0.15) is 0 Å². The van der Waals surface area contributed by atoms with Crippen LogP contribution in [0.3, 0.4) is 0 Å². The van der Waals surface area contributed by atoms with Gasteiger partial charge < -0.3 is 16.2 Å². The molecular weight excluding hydrogens is 184 g/mol. The minimum Gasteiger partial charge on any atom is -0.394 e. The van der Waals surface area contributed by atoms with Crippen molar-refractivity contribution in [2.75, 3.05) is 6.61 Å². The van der Waals surface area contributed by atoms with E-state index in [2.05, 4.69) is 5.32 Å². The number of carbonyl (C=O) groups excluding carboxylic acids is 2. The molecule has 0 saturated carbocycles. The Kier molecular flexibility index (Phi) is 5.15. The molecular formula is C9H18N2O3. The molecule has 0 spiro atoms. The number of amides is 2. The van der Waals surface area contributed by atoms with Gasteiger partial charge in [0, 0.05) is 5.92 Å². The first kappa shape index (κ1) is 12.9. The lowest BCUT2D eigenvalue weighted by molar-refractivity contribution is -0.131. The summed E-state index contributed by atoms with van der Waals surface area (Å²) >= 11 is 0. The molecule has 0 bridgehead atoms. The molecule has 5 heteroatoms. The minimum absolute atomic E-state index is 0.183. The quantitative estimate of drug-likeness (QED) is 0.547. The molecule has 14 heavy (non-hydrogen) atoms. The maximum absolute atomic E-state index is 11.4. The largest absolute Gasteiger partial charge is 0.394 e. The standard InChI is InChI=1S/C9H18N2O3/c1-5(2)6(3)9(14)11-7(4-12)8(10)13/h5-7,12H,4H2,1-3H3,(H2,10,13)(H,11,14)/t6-,7-/m0/s1. The molecule has 0 aromatic heterocycles. The number of hydrogen-bond donors (Lipinski definition) is 3. The monoisotopic (exact) mass is 202 g/mol. The van der Waals surface area contributed by atoms with E-state index in [1.165, 1.54) is 0 Å². The summed E-state index contributed by atoms with van der Waals surface area (Å²) in [5.74, 6) is -1.01. The average molecular weight is 202 g/mol. The molecule has 0 fully saturated rings. The second-order valence-electron chi connectivity index (χ2n) is 3.68. The van der Waals surface area contributed by atoms with Crippen molar-refractivity contribution in [3.8, 4) is 0 Å². The van der Waals surface area contributed by atoms with Gasteiger partial charge in [-0.25, -0.2) is 0 Å². The fourth-order valence-electron chi connectivity index (χ4n) is 0.813. The van der Waals surface area contributed by atoms with Gasteiger partial charge in [0.1, 0.15) is 6.04 Å². The van der Waals surface area contributed by atoms with E-state index in [-0.39, 0.29) is 17.7 Å². The van der Waals surface area contributed by atoms with E-state index in [1.54, 1.807) is 6.92 Å². The predicted molar refractivity (Wildman–Crippen MR) is 52.2 cm³/mol. The summed E-state index contributed by atoms with van der Waals surface area (Å²) in [6.07, 6.45) is 0. The molecule has 0 saturated heterocycles. The van der Waals surface area contributed by atoms with E-state index in [9.17, 15) is 9.59 Å². The van der Waals surface area contributed by atoms with Crippen LogP contribution < -0.4 is 11.1 Å². The number of aliphatic hydroxyl groups excluding tert-OH is 1. The molecule has 0 rings (SSSR count). The third kappa shape index (κ3) is 3.74. The summed E-state index contributed by atoms with van der Waals surface area (Å²) in [6, 6.07) is -0.983. The SMILES string of the molecule is CC(C)[C@H](C)C(=O)N[C@@H](CO)C(N)=O. The van der Waals surface area contributed by atoms with Crippen LogP contribution in [0.1, 0.15) is 20.8 Å². The van der Waals surface area contributed by atoms with Crippen LogP contribution in [0.5, 0.6) is 0 Å². The predicted octanol–water partition coefficient (Wildman–Crippen LogP) is -0.759. The summed E-state index contributed by atoms with van der Waals surface area (Å²) < 4.78 is 0. The van der Waals surface area contributed by atoms with Crippen LogP contribution in [0.4, 0.5) is 0 Å². The smallest absolute Gasteiger partial charge is 0.242 e. The zero-order valence-electron chi connectivity index (χ0n) is 8.78. The zero-order chi connectivity index (χ0) is 11.3. The van der Waals surface area contributed by atoms with Crippen LogP contribution in [0, 0.1) is 11.8 Å². The van der Waals surface area contributed by atoms with Crippen LogP contribution in [0.15, 0.2) is 0 Å². The van der Waals surface area contributed by atoms with Gasteiger partial charge in [0.2, 0.25) is 11.8 Å². The second kappa shape index (κ2) is 5.59. The Morgan fingerprint density at radius 3 is 2.14 bits per heavy atom. The van der Waals surface area contributed by atoms with Crippen LogP contribution in [0.2, 0.25) is 0 Å². The van der Waals surface area contributed by atoms with E-state index in [0.29, 0.717) is 0 Å². The maximum Gasteiger partial charge on any atom is 0.242 e.